The number of aromatic nitrogens is 2. The largest absolute Gasteiger partial charge is 0.399 e. The monoisotopic (exact) mass is 341 g/mol. The summed E-state index contributed by atoms with van der Waals surface area (Å²) in [5.74, 6) is 1.15. The Hall–Kier alpha value is -1.81. The smallest absolute Gasteiger partial charge is 0.114 e. The molecule has 3 nitrogen and oxygen atoms in total. The summed E-state index contributed by atoms with van der Waals surface area (Å²) in [6.07, 6.45) is 3.37. The first-order valence-electron chi connectivity index (χ1n) is 7.21. The molecular weight excluding hydrogens is 326 g/mol. The molecule has 3 aromatic rings. The number of imidazole rings is 1. The summed E-state index contributed by atoms with van der Waals surface area (Å²) in [6.45, 7) is 0. The number of nitrogen functional groups attached to an aromatic ring is 1. The third-order valence-corrected chi connectivity index (χ3v) is 4.47. The average Bonchev–Trinajstić information content (AvgIpc) is 3.23. The predicted molar refractivity (Wildman–Crippen MR) is 89.4 cm³/mol. The second-order valence-corrected chi connectivity index (χ2v) is 6.60. The van der Waals surface area contributed by atoms with Gasteiger partial charge >= 0.3 is 0 Å². The minimum absolute atomic E-state index is 0.625. The minimum atomic E-state index is 0.625. The second kappa shape index (κ2) is 4.88. The van der Waals surface area contributed by atoms with Crippen molar-refractivity contribution >= 4 is 32.7 Å². The third kappa shape index (κ3) is 2.44. The summed E-state index contributed by atoms with van der Waals surface area (Å²) in [6, 6.07) is 15.1. The van der Waals surface area contributed by atoms with Crippen molar-refractivity contribution in [3.63, 3.8) is 0 Å². The standard InChI is InChI=1S/C17H16BrN3/c18-12-3-8-16-15(10-12)20-17(21(16)14-6-7-14)9-11-1-4-13(19)5-2-11/h1-5,8,10,14H,6-7,9,19H2. The predicted octanol–water partition coefficient (Wildman–Crippen LogP) is 4.31. The summed E-state index contributed by atoms with van der Waals surface area (Å²) in [7, 11) is 0. The molecule has 1 aromatic heterocycles. The van der Waals surface area contributed by atoms with Gasteiger partial charge in [0.15, 0.2) is 0 Å². The fourth-order valence-corrected chi connectivity index (χ4v) is 3.15. The first-order chi connectivity index (χ1) is 10.2. The van der Waals surface area contributed by atoms with Crippen LogP contribution in [0.1, 0.15) is 30.3 Å². The lowest BCUT2D eigenvalue weighted by atomic mass is 10.1. The lowest BCUT2D eigenvalue weighted by molar-refractivity contribution is 0.715. The summed E-state index contributed by atoms with van der Waals surface area (Å²) in [5, 5.41) is 0. The van der Waals surface area contributed by atoms with Crippen molar-refractivity contribution in [1.82, 2.24) is 9.55 Å². The highest BCUT2D eigenvalue weighted by Gasteiger charge is 2.28. The highest BCUT2D eigenvalue weighted by atomic mass is 79.9. The Kier molecular flexibility index (Phi) is 3.00. The molecule has 4 rings (SSSR count). The van der Waals surface area contributed by atoms with Crippen LogP contribution in [0.2, 0.25) is 0 Å². The van der Waals surface area contributed by atoms with Crippen molar-refractivity contribution in [3.8, 4) is 0 Å². The zero-order valence-corrected chi connectivity index (χ0v) is 13.2. The molecule has 0 bridgehead atoms. The van der Waals surface area contributed by atoms with Gasteiger partial charge in [-0.25, -0.2) is 4.98 Å². The van der Waals surface area contributed by atoms with Crippen LogP contribution in [0.3, 0.4) is 0 Å². The first kappa shape index (κ1) is 12.9. The number of hydrogen-bond donors (Lipinski definition) is 1. The Balaban J connectivity index is 1.79. The molecule has 1 saturated carbocycles. The molecule has 0 aliphatic heterocycles. The molecule has 4 heteroatoms. The van der Waals surface area contributed by atoms with E-state index in [0.717, 1.165) is 27.9 Å². The first-order valence-corrected chi connectivity index (χ1v) is 8.01. The lowest BCUT2D eigenvalue weighted by Crippen LogP contribution is -2.02. The molecule has 0 spiro atoms. The molecular formula is C17H16BrN3. The van der Waals surface area contributed by atoms with Crippen molar-refractivity contribution in [1.29, 1.82) is 0 Å². The zero-order chi connectivity index (χ0) is 14.4. The van der Waals surface area contributed by atoms with Crippen LogP contribution in [0, 0.1) is 0 Å². The van der Waals surface area contributed by atoms with Crippen molar-refractivity contribution in [2.45, 2.75) is 25.3 Å². The Labute approximate surface area is 131 Å². The number of nitrogens with two attached hydrogens (primary N) is 1. The Bertz CT molecular complexity index is 801. The molecule has 0 radical (unpaired) electrons. The van der Waals surface area contributed by atoms with Crippen molar-refractivity contribution in [2.24, 2.45) is 0 Å². The summed E-state index contributed by atoms with van der Waals surface area (Å²) in [4.78, 5) is 4.85. The molecule has 0 atom stereocenters. The topological polar surface area (TPSA) is 43.8 Å². The number of halogens is 1. The molecule has 0 amide bonds. The van der Waals surface area contributed by atoms with Crippen LogP contribution in [-0.4, -0.2) is 9.55 Å². The summed E-state index contributed by atoms with van der Waals surface area (Å²) in [5.41, 5.74) is 10.1. The van der Waals surface area contributed by atoms with E-state index in [2.05, 4.69) is 50.8 Å². The molecule has 1 fully saturated rings. The lowest BCUT2D eigenvalue weighted by Gasteiger charge is -2.08. The third-order valence-electron chi connectivity index (χ3n) is 3.98. The van der Waals surface area contributed by atoms with E-state index in [-0.39, 0.29) is 0 Å². The Morgan fingerprint density at radius 3 is 2.62 bits per heavy atom. The molecule has 106 valence electrons. The highest BCUT2D eigenvalue weighted by molar-refractivity contribution is 9.10. The van der Waals surface area contributed by atoms with Crippen LogP contribution in [0.15, 0.2) is 46.9 Å². The second-order valence-electron chi connectivity index (χ2n) is 5.68. The van der Waals surface area contributed by atoms with Gasteiger partial charge in [-0.05, 0) is 48.7 Å². The SMILES string of the molecule is Nc1ccc(Cc2nc3cc(Br)ccc3n2C2CC2)cc1. The van der Waals surface area contributed by atoms with Gasteiger partial charge in [0.2, 0.25) is 0 Å². The zero-order valence-electron chi connectivity index (χ0n) is 11.6. The van der Waals surface area contributed by atoms with E-state index in [1.165, 1.54) is 23.9 Å². The van der Waals surface area contributed by atoms with Gasteiger partial charge < -0.3 is 10.3 Å². The van der Waals surface area contributed by atoms with Crippen molar-refractivity contribution in [2.75, 3.05) is 5.73 Å². The maximum Gasteiger partial charge on any atom is 0.114 e. The fraction of sp³-hybridized carbons (Fsp3) is 0.235. The number of anilines is 1. The van der Waals surface area contributed by atoms with Gasteiger partial charge in [0.1, 0.15) is 5.82 Å². The number of benzene rings is 2. The maximum atomic E-state index is 5.76. The van der Waals surface area contributed by atoms with Gasteiger partial charge in [-0.1, -0.05) is 28.1 Å². The van der Waals surface area contributed by atoms with Gasteiger partial charge in [0.05, 0.1) is 11.0 Å². The van der Waals surface area contributed by atoms with Crippen LogP contribution in [-0.2, 0) is 6.42 Å². The quantitative estimate of drug-likeness (QED) is 0.721. The number of hydrogen-bond acceptors (Lipinski definition) is 2. The van der Waals surface area contributed by atoms with Crippen LogP contribution >= 0.6 is 15.9 Å². The number of nitrogens with zero attached hydrogens (tertiary/aromatic N) is 2. The van der Waals surface area contributed by atoms with Gasteiger partial charge in [-0.3, -0.25) is 0 Å². The van der Waals surface area contributed by atoms with Crippen LogP contribution in [0.25, 0.3) is 11.0 Å². The molecule has 1 aliphatic rings. The van der Waals surface area contributed by atoms with Crippen LogP contribution < -0.4 is 5.73 Å². The van der Waals surface area contributed by atoms with Gasteiger partial charge in [-0.15, -0.1) is 0 Å². The molecule has 1 aliphatic carbocycles. The minimum Gasteiger partial charge on any atom is -0.399 e. The van der Waals surface area contributed by atoms with Crippen LogP contribution in [0.4, 0.5) is 5.69 Å². The summed E-state index contributed by atoms with van der Waals surface area (Å²) < 4.78 is 3.49. The highest BCUT2D eigenvalue weighted by Crippen LogP contribution is 2.39. The van der Waals surface area contributed by atoms with E-state index in [1.807, 2.05) is 12.1 Å². The van der Waals surface area contributed by atoms with E-state index in [0.29, 0.717) is 6.04 Å². The number of rotatable bonds is 3. The maximum absolute atomic E-state index is 5.76. The van der Waals surface area contributed by atoms with E-state index in [9.17, 15) is 0 Å². The number of fused-ring (bicyclic) bond motifs is 1. The molecule has 0 saturated heterocycles. The molecule has 1 heterocycles. The Morgan fingerprint density at radius 1 is 1.14 bits per heavy atom. The molecule has 2 aromatic carbocycles. The molecule has 0 unspecified atom stereocenters. The van der Waals surface area contributed by atoms with E-state index in [1.54, 1.807) is 0 Å². The fourth-order valence-electron chi connectivity index (χ4n) is 2.80. The van der Waals surface area contributed by atoms with E-state index < -0.39 is 0 Å². The van der Waals surface area contributed by atoms with Gasteiger partial charge in [0.25, 0.3) is 0 Å². The van der Waals surface area contributed by atoms with Gasteiger partial charge in [-0.2, -0.15) is 0 Å². The van der Waals surface area contributed by atoms with E-state index >= 15 is 0 Å². The normalized spacial score (nSPS) is 14.7. The molecule has 21 heavy (non-hydrogen) atoms. The van der Waals surface area contributed by atoms with E-state index in [4.69, 9.17) is 10.7 Å². The van der Waals surface area contributed by atoms with Crippen molar-refractivity contribution < 1.29 is 0 Å². The molecule has 2 N–H and O–H groups in total. The van der Waals surface area contributed by atoms with Crippen molar-refractivity contribution in [3.05, 3.63) is 58.3 Å². The summed E-state index contributed by atoms with van der Waals surface area (Å²) >= 11 is 3.53. The average molecular weight is 342 g/mol. The van der Waals surface area contributed by atoms with Gasteiger partial charge in [0, 0.05) is 22.6 Å². The Morgan fingerprint density at radius 2 is 1.90 bits per heavy atom. The van der Waals surface area contributed by atoms with Crippen LogP contribution in [0.5, 0.6) is 0 Å².